The maximum Gasteiger partial charge on any atom is 0.207 e. The van der Waals surface area contributed by atoms with Crippen LogP contribution in [-0.2, 0) is 0 Å². The number of rotatable bonds is 9. The summed E-state index contributed by atoms with van der Waals surface area (Å²) < 4.78 is 27.5. The van der Waals surface area contributed by atoms with Crippen molar-refractivity contribution in [2.24, 2.45) is 0 Å². The third-order valence-corrected chi connectivity index (χ3v) is 5.03. The van der Waals surface area contributed by atoms with Crippen LogP contribution in [0.4, 0.5) is 5.69 Å². The highest BCUT2D eigenvalue weighted by Gasteiger charge is 2.22. The molecule has 0 radical (unpaired) electrons. The second kappa shape index (κ2) is 10.2. The second-order valence-corrected chi connectivity index (χ2v) is 7.22. The Morgan fingerprint density at radius 3 is 1.93 bits per heavy atom. The van der Waals surface area contributed by atoms with Gasteiger partial charge in [0.1, 0.15) is 5.75 Å². The maximum absolute atomic E-state index is 13.1. The van der Waals surface area contributed by atoms with Gasteiger partial charge in [-0.25, -0.2) is 0 Å². The highest BCUT2D eigenvalue weighted by molar-refractivity contribution is 9.12. The third kappa shape index (κ3) is 4.64. The van der Waals surface area contributed by atoms with Gasteiger partial charge in [0.2, 0.25) is 11.5 Å². The van der Waals surface area contributed by atoms with Crippen molar-refractivity contribution in [1.29, 1.82) is 0 Å². The molecule has 0 heterocycles. The lowest BCUT2D eigenvalue weighted by molar-refractivity contribution is 0.104. The Labute approximate surface area is 185 Å². The molecule has 0 N–H and O–H groups in total. The largest absolute Gasteiger partial charge is 0.495 e. The van der Waals surface area contributed by atoms with Crippen molar-refractivity contribution in [2.45, 2.75) is 0 Å². The van der Waals surface area contributed by atoms with E-state index in [1.807, 2.05) is 19.0 Å². The predicted molar refractivity (Wildman–Crippen MR) is 121 cm³/mol. The van der Waals surface area contributed by atoms with E-state index in [9.17, 15) is 4.79 Å². The number of hydrogen-bond donors (Lipinski definition) is 0. The molecule has 0 fully saturated rings. The summed E-state index contributed by atoms with van der Waals surface area (Å²) in [6, 6.07) is 6.98. The first-order valence-corrected chi connectivity index (χ1v) is 9.76. The van der Waals surface area contributed by atoms with E-state index in [1.165, 1.54) is 28.4 Å². The molecule has 0 aromatic heterocycles. The van der Waals surface area contributed by atoms with Crippen molar-refractivity contribution in [2.75, 3.05) is 54.5 Å². The van der Waals surface area contributed by atoms with Crippen molar-refractivity contribution in [3.05, 3.63) is 39.9 Å². The first kappa shape index (κ1) is 23.4. The van der Waals surface area contributed by atoms with Gasteiger partial charge in [0.25, 0.3) is 0 Å². The number of carbonyl (C=O) groups is 1. The molecule has 0 atom stereocenters. The van der Waals surface area contributed by atoms with Crippen LogP contribution >= 0.6 is 15.9 Å². The Morgan fingerprint density at radius 1 is 0.833 bits per heavy atom. The number of anilines is 1. The van der Waals surface area contributed by atoms with Crippen LogP contribution in [0.1, 0.15) is 15.9 Å². The van der Waals surface area contributed by atoms with Crippen LogP contribution in [0.5, 0.6) is 28.7 Å². The zero-order chi connectivity index (χ0) is 22.4. The molecular weight excluding hydrogens is 454 g/mol. The maximum atomic E-state index is 13.1. The monoisotopic (exact) mass is 479 g/mol. The summed E-state index contributed by atoms with van der Waals surface area (Å²) in [5.74, 6) is 2.14. The molecule has 0 bridgehead atoms. The minimum Gasteiger partial charge on any atom is -0.495 e. The van der Waals surface area contributed by atoms with E-state index < -0.39 is 0 Å². The van der Waals surface area contributed by atoms with E-state index >= 15 is 0 Å². The molecule has 30 heavy (non-hydrogen) atoms. The topological polar surface area (TPSA) is 66.5 Å². The van der Waals surface area contributed by atoms with Crippen molar-refractivity contribution in [3.63, 3.8) is 0 Å². The van der Waals surface area contributed by atoms with Crippen LogP contribution in [0.2, 0.25) is 0 Å². The van der Waals surface area contributed by atoms with Crippen LogP contribution in [0.15, 0.2) is 28.7 Å². The van der Waals surface area contributed by atoms with E-state index in [2.05, 4.69) is 15.9 Å². The summed E-state index contributed by atoms with van der Waals surface area (Å²) in [6.45, 7) is 0. The molecule has 162 valence electrons. The van der Waals surface area contributed by atoms with Crippen molar-refractivity contribution in [1.82, 2.24) is 0 Å². The highest BCUT2D eigenvalue weighted by Crippen LogP contribution is 2.47. The fraction of sp³-hybridized carbons (Fsp3) is 0.318. The van der Waals surface area contributed by atoms with Crippen LogP contribution in [0, 0.1) is 0 Å². The summed E-state index contributed by atoms with van der Waals surface area (Å²) in [5.41, 5.74) is 1.90. The number of nitrogens with zero attached hydrogens (tertiary/aromatic N) is 1. The summed E-state index contributed by atoms with van der Waals surface area (Å²) >= 11 is 3.40. The van der Waals surface area contributed by atoms with Gasteiger partial charge in [0.05, 0.1) is 45.7 Å². The van der Waals surface area contributed by atoms with Crippen molar-refractivity contribution < 1.29 is 28.5 Å². The fourth-order valence-electron chi connectivity index (χ4n) is 2.99. The number of allylic oxidation sites excluding steroid dienone is 1. The van der Waals surface area contributed by atoms with Crippen LogP contribution in [0.3, 0.4) is 0 Å². The minimum atomic E-state index is -0.198. The smallest absolute Gasteiger partial charge is 0.207 e. The molecule has 2 rings (SSSR count). The number of ether oxygens (including phenoxy) is 5. The summed E-state index contributed by atoms with van der Waals surface area (Å²) in [7, 11) is 11.4. The fourth-order valence-corrected chi connectivity index (χ4v) is 3.46. The number of benzene rings is 2. The zero-order valence-electron chi connectivity index (χ0n) is 18.2. The molecule has 2 aromatic rings. The number of ketones is 1. The molecule has 0 spiro atoms. The van der Waals surface area contributed by atoms with E-state index in [1.54, 1.807) is 37.5 Å². The van der Waals surface area contributed by atoms with Gasteiger partial charge in [-0.15, -0.1) is 0 Å². The molecule has 2 aromatic carbocycles. The molecular formula is C22H26BrNO6. The average molecular weight is 480 g/mol. The van der Waals surface area contributed by atoms with E-state index in [-0.39, 0.29) is 5.78 Å². The Bertz CT molecular complexity index is 955. The quantitative estimate of drug-likeness (QED) is 0.389. The molecule has 8 heteroatoms. The Morgan fingerprint density at radius 2 is 1.43 bits per heavy atom. The van der Waals surface area contributed by atoms with Gasteiger partial charge in [-0.05, 0) is 46.3 Å². The molecule has 0 aliphatic rings. The molecule has 0 aliphatic carbocycles. The number of Topliss-reactive ketones (excluding diaryl/α,β-unsaturated/α-hetero) is 1. The highest BCUT2D eigenvalue weighted by atomic mass is 79.9. The van der Waals surface area contributed by atoms with E-state index in [0.29, 0.717) is 44.4 Å². The average Bonchev–Trinajstić information content (AvgIpc) is 2.76. The van der Waals surface area contributed by atoms with Gasteiger partial charge < -0.3 is 28.6 Å². The molecule has 0 amide bonds. The Hall–Kier alpha value is -2.87. The standard InChI is InChI=1S/C22H26BrNO6/c1-24(2)16-11-13(8-9-17(16)26-3)19(25)15(23)10-14-12-18(27-4)21(29-6)22(30-7)20(14)28-5/h8-12H,1-7H3. The lowest BCUT2D eigenvalue weighted by Crippen LogP contribution is -2.11. The molecule has 0 unspecified atom stereocenters. The van der Waals surface area contributed by atoms with E-state index in [0.717, 1.165) is 5.69 Å². The van der Waals surface area contributed by atoms with Gasteiger partial charge in [-0.3, -0.25) is 4.79 Å². The number of halogens is 1. The van der Waals surface area contributed by atoms with Crippen LogP contribution in [-0.4, -0.2) is 55.4 Å². The molecule has 0 saturated heterocycles. The summed E-state index contributed by atoms with van der Waals surface area (Å²) in [4.78, 5) is 14.9. The van der Waals surface area contributed by atoms with Gasteiger partial charge in [-0.1, -0.05) is 0 Å². The predicted octanol–water partition coefficient (Wildman–Crippen LogP) is 4.41. The number of methoxy groups -OCH3 is 5. The van der Waals surface area contributed by atoms with Crippen molar-refractivity contribution >= 4 is 33.5 Å². The lowest BCUT2D eigenvalue weighted by atomic mass is 10.1. The van der Waals surface area contributed by atoms with E-state index in [4.69, 9.17) is 23.7 Å². The van der Waals surface area contributed by atoms with Gasteiger partial charge >= 0.3 is 0 Å². The Kier molecular flexibility index (Phi) is 8.00. The third-order valence-electron chi connectivity index (χ3n) is 4.44. The molecule has 7 nitrogen and oxygen atoms in total. The van der Waals surface area contributed by atoms with Crippen LogP contribution < -0.4 is 28.6 Å². The van der Waals surface area contributed by atoms with Crippen molar-refractivity contribution in [3.8, 4) is 28.7 Å². The normalized spacial score (nSPS) is 11.0. The zero-order valence-corrected chi connectivity index (χ0v) is 19.7. The number of hydrogen-bond acceptors (Lipinski definition) is 7. The summed E-state index contributed by atoms with van der Waals surface area (Å²) in [6.07, 6.45) is 1.66. The van der Waals surface area contributed by atoms with Gasteiger partial charge in [0, 0.05) is 25.2 Å². The first-order valence-electron chi connectivity index (χ1n) is 8.97. The van der Waals surface area contributed by atoms with Gasteiger partial charge in [-0.2, -0.15) is 0 Å². The molecule has 0 aliphatic heterocycles. The second-order valence-electron chi connectivity index (χ2n) is 6.37. The first-order chi connectivity index (χ1) is 14.3. The van der Waals surface area contributed by atoms with Gasteiger partial charge in [0.15, 0.2) is 17.3 Å². The lowest BCUT2D eigenvalue weighted by Gasteiger charge is -2.18. The molecule has 0 saturated carbocycles. The minimum absolute atomic E-state index is 0.198. The Balaban J connectivity index is 2.56. The number of carbonyl (C=O) groups excluding carboxylic acids is 1. The SMILES string of the molecule is COc1ccc(C(=O)C(Br)=Cc2cc(OC)c(OC)c(OC)c2OC)cc1N(C)C. The summed E-state index contributed by atoms with van der Waals surface area (Å²) in [5, 5.41) is 0. The van der Waals surface area contributed by atoms with Crippen LogP contribution in [0.25, 0.3) is 6.08 Å².